The molecule has 1 fully saturated rings. The highest BCUT2D eigenvalue weighted by Crippen LogP contribution is 2.50. The number of fused-ring (bicyclic) bond motifs is 1. The lowest BCUT2D eigenvalue weighted by molar-refractivity contribution is 0.0642. The van der Waals surface area contributed by atoms with Crippen molar-refractivity contribution in [1.82, 2.24) is 5.16 Å². The van der Waals surface area contributed by atoms with E-state index in [1.807, 2.05) is 0 Å². The van der Waals surface area contributed by atoms with Crippen LogP contribution in [0.5, 0.6) is 0 Å². The van der Waals surface area contributed by atoms with Crippen LogP contribution in [-0.2, 0) is 6.42 Å². The maximum absolute atomic E-state index is 11.8. The Bertz CT molecular complexity index is 349. The molecule has 0 bridgehead atoms. The zero-order chi connectivity index (χ0) is 8.18. The summed E-state index contributed by atoms with van der Waals surface area (Å²) in [6.07, 6.45) is 5.61. The lowest BCUT2D eigenvalue weighted by Crippen LogP contribution is -2.35. The van der Waals surface area contributed by atoms with Gasteiger partial charge < -0.3 is 4.52 Å². The van der Waals surface area contributed by atoms with Gasteiger partial charge in [0.05, 0.1) is 11.8 Å². The van der Waals surface area contributed by atoms with Crippen LogP contribution in [0.25, 0.3) is 0 Å². The molecule has 1 heterocycles. The van der Waals surface area contributed by atoms with Gasteiger partial charge in [-0.3, -0.25) is 4.79 Å². The fraction of sp³-hybridized carbons (Fsp3) is 0.556. The Morgan fingerprint density at radius 2 is 2.33 bits per heavy atom. The van der Waals surface area contributed by atoms with Gasteiger partial charge in [-0.15, -0.1) is 0 Å². The monoisotopic (exact) mass is 163 g/mol. The van der Waals surface area contributed by atoms with Crippen molar-refractivity contribution in [3.63, 3.8) is 0 Å². The van der Waals surface area contributed by atoms with Crippen molar-refractivity contribution in [2.75, 3.05) is 0 Å². The highest BCUT2D eigenvalue weighted by Gasteiger charge is 2.51. The zero-order valence-corrected chi connectivity index (χ0v) is 6.67. The van der Waals surface area contributed by atoms with E-state index >= 15 is 0 Å². The first-order valence-electron chi connectivity index (χ1n) is 4.30. The van der Waals surface area contributed by atoms with E-state index in [9.17, 15) is 4.79 Å². The third-order valence-corrected chi connectivity index (χ3v) is 3.18. The number of hydrogen-bond donors (Lipinski definition) is 0. The van der Waals surface area contributed by atoms with E-state index in [1.54, 1.807) is 6.20 Å². The standard InChI is InChI=1S/C9H9NO2/c11-8-6-5-10-12-7(6)4-9(8)2-1-3-9/h5H,1-4H2. The maximum Gasteiger partial charge on any atom is 0.174 e. The molecule has 3 nitrogen and oxygen atoms in total. The average molecular weight is 163 g/mol. The van der Waals surface area contributed by atoms with Crippen LogP contribution in [0.3, 0.4) is 0 Å². The fourth-order valence-electron chi connectivity index (χ4n) is 2.26. The van der Waals surface area contributed by atoms with Gasteiger partial charge in [-0.2, -0.15) is 0 Å². The van der Waals surface area contributed by atoms with E-state index in [-0.39, 0.29) is 11.2 Å². The van der Waals surface area contributed by atoms with E-state index in [0.717, 1.165) is 30.6 Å². The van der Waals surface area contributed by atoms with Gasteiger partial charge in [-0.05, 0) is 12.8 Å². The van der Waals surface area contributed by atoms with Crippen molar-refractivity contribution in [1.29, 1.82) is 0 Å². The maximum atomic E-state index is 11.8. The van der Waals surface area contributed by atoms with Crippen LogP contribution in [0.2, 0.25) is 0 Å². The van der Waals surface area contributed by atoms with Crippen molar-refractivity contribution < 1.29 is 9.32 Å². The normalized spacial score (nSPS) is 24.2. The summed E-state index contributed by atoms with van der Waals surface area (Å²) in [7, 11) is 0. The third-order valence-electron chi connectivity index (χ3n) is 3.18. The Hall–Kier alpha value is -1.12. The molecule has 1 saturated carbocycles. The summed E-state index contributed by atoms with van der Waals surface area (Å²) in [5, 5.41) is 3.62. The molecule has 0 saturated heterocycles. The third kappa shape index (κ3) is 0.543. The minimum Gasteiger partial charge on any atom is -0.361 e. The summed E-state index contributed by atoms with van der Waals surface area (Å²) in [6, 6.07) is 0. The zero-order valence-electron chi connectivity index (χ0n) is 6.67. The van der Waals surface area contributed by atoms with Gasteiger partial charge in [-0.25, -0.2) is 0 Å². The van der Waals surface area contributed by atoms with E-state index in [0.29, 0.717) is 0 Å². The van der Waals surface area contributed by atoms with Crippen molar-refractivity contribution in [2.24, 2.45) is 5.41 Å². The predicted molar refractivity (Wildman–Crippen MR) is 40.8 cm³/mol. The van der Waals surface area contributed by atoms with Crippen molar-refractivity contribution in [3.05, 3.63) is 17.5 Å². The second kappa shape index (κ2) is 1.79. The summed E-state index contributed by atoms with van der Waals surface area (Å²) in [4.78, 5) is 11.8. The number of carbonyl (C=O) groups is 1. The van der Waals surface area contributed by atoms with Crippen LogP contribution < -0.4 is 0 Å². The molecule has 0 aromatic carbocycles. The molecular weight excluding hydrogens is 154 g/mol. The Morgan fingerprint density at radius 3 is 2.92 bits per heavy atom. The van der Waals surface area contributed by atoms with Crippen LogP contribution in [0.15, 0.2) is 10.7 Å². The molecule has 1 aromatic heterocycles. The molecule has 0 unspecified atom stereocenters. The predicted octanol–water partition coefficient (Wildman–Crippen LogP) is 1.58. The largest absolute Gasteiger partial charge is 0.361 e. The molecule has 62 valence electrons. The van der Waals surface area contributed by atoms with Crippen LogP contribution in [0, 0.1) is 5.41 Å². The smallest absolute Gasteiger partial charge is 0.174 e. The molecular formula is C9H9NO2. The Kier molecular flexibility index (Phi) is 0.953. The molecule has 3 rings (SSSR count). The quantitative estimate of drug-likeness (QED) is 0.583. The number of ketones is 1. The van der Waals surface area contributed by atoms with E-state index in [1.165, 1.54) is 6.42 Å². The van der Waals surface area contributed by atoms with Gasteiger partial charge in [0.1, 0.15) is 5.76 Å². The molecule has 1 aromatic rings. The summed E-state index contributed by atoms with van der Waals surface area (Å²) < 4.78 is 5.01. The average Bonchev–Trinajstić information content (AvgIpc) is 2.49. The van der Waals surface area contributed by atoms with Crippen LogP contribution >= 0.6 is 0 Å². The van der Waals surface area contributed by atoms with Gasteiger partial charge in [0.15, 0.2) is 5.78 Å². The molecule has 0 aliphatic heterocycles. The second-order valence-corrected chi connectivity index (χ2v) is 3.80. The molecule has 0 N–H and O–H groups in total. The fourth-order valence-corrected chi connectivity index (χ4v) is 2.26. The van der Waals surface area contributed by atoms with Crippen LogP contribution in [-0.4, -0.2) is 10.9 Å². The van der Waals surface area contributed by atoms with E-state index in [2.05, 4.69) is 5.16 Å². The molecule has 0 atom stereocenters. The topological polar surface area (TPSA) is 43.1 Å². The van der Waals surface area contributed by atoms with E-state index < -0.39 is 0 Å². The van der Waals surface area contributed by atoms with Crippen LogP contribution in [0.1, 0.15) is 35.4 Å². The van der Waals surface area contributed by atoms with Crippen LogP contribution in [0.4, 0.5) is 0 Å². The molecule has 0 radical (unpaired) electrons. The van der Waals surface area contributed by atoms with Gasteiger partial charge in [-0.1, -0.05) is 11.6 Å². The number of rotatable bonds is 0. The van der Waals surface area contributed by atoms with Gasteiger partial charge >= 0.3 is 0 Å². The minimum atomic E-state index is -0.0584. The summed E-state index contributed by atoms with van der Waals surface area (Å²) in [5.74, 6) is 1.07. The first-order chi connectivity index (χ1) is 5.82. The molecule has 1 spiro atoms. The Balaban J connectivity index is 2.10. The van der Waals surface area contributed by atoms with Crippen molar-refractivity contribution >= 4 is 5.78 Å². The van der Waals surface area contributed by atoms with Crippen molar-refractivity contribution in [3.8, 4) is 0 Å². The van der Waals surface area contributed by atoms with Crippen molar-refractivity contribution in [2.45, 2.75) is 25.7 Å². The molecule has 2 aliphatic carbocycles. The molecule has 0 amide bonds. The second-order valence-electron chi connectivity index (χ2n) is 3.80. The highest BCUT2D eigenvalue weighted by atomic mass is 16.5. The molecule has 3 heteroatoms. The lowest BCUT2D eigenvalue weighted by Gasteiger charge is -2.35. The number of nitrogens with zero attached hydrogens (tertiary/aromatic N) is 1. The Labute approximate surface area is 69.7 Å². The highest BCUT2D eigenvalue weighted by molar-refractivity contribution is 6.04. The first-order valence-corrected chi connectivity index (χ1v) is 4.30. The number of carbonyl (C=O) groups excluding carboxylic acids is 1. The van der Waals surface area contributed by atoms with Gasteiger partial charge in [0, 0.05) is 11.8 Å². The summed E-state index contributed by atoms with van der Waals surface area (Å²) in [5.41, 5.74) is 0.673. The number of Topliss-reactive ketones (excluding diaryl/α,β-unsaturated/α-hetero) is 1. The summed E-state index contributed by atoms with van der Waals surface area (Å²) >= 11 is 0. The minimum absolute atomic E-state index is 0.0584. The number of hydrogen-bond acceptors (Lipinski definition) is 3. The summed E-state index contributed by atoms with van der Waals surface area (Å²) in [6.45, 7) is 0. The lowest BCUT2D eigenvalue weighted by atomic mass is 9.66. The Morgan fingerprint density at radius 1 is 1.50 bits per heavy atom. The van der Waals surface area contributed by atoms with E-state index in [4.69, 9.17) is 4.52 Å². The molecule has 2 aliphatic rings. The first kappa shape index (κ1) is 6.40. The number of aromatic nitrogens is 1. The van der Waals surface area contributed by atoms with Gasteiger partial charge in [0.2, 0.25) is 0 Å². The molecule has 12 heavy (non-hydrogen) atoms. The SMILES string of the molecule is O=C1c2cnoc2CC12CCC2. The van der Waals surface area contributed by atoms with Gasteiger partial charge in [0.25, 0.3) is 0 Å².